The van der Waals surface area contributed by atoms with Crippen LogP contribution in [0, 0.1) is 16.7 Å². The minimum Gasteiger partial charge on any atom is -0.329 e. The van der Waals surface area contributed by atoms with E-state index in [4.69, 9.17) is 5.73 Å². The van der Waals surface area contributed by atoms with Crippen LogP contribution in [0.15, 0.2) is 0 Å². The molecule has 0 aliphatic carbocycles. The molecule has 0 aromatic rings. The summed E-state index contributed by atoms with van der Waals surface area (Å²) in [4.78, 5) is 2.64. The largest absolute Gasteiger partial charge is 0.329 e. The van der Waals surface area contributed by atoms with E-state index in [1.165, 1.54) is 32.4 Å². The van der Waals surface area contributed by atoms with Crippen molar-refractivity contribution in [3.8, 4) is 0 Å². The molecule has 0 aromatic heterocycles. The fourth-order valence-electron chi connectivity index (χ4n) is 3.35. The van der Waals surface area contributed by atoms with E-state index in [0.29, 0.717) is 11.5 Å². The molecule has 1 saturated heterocycles. The Bertz CT molecular complexity index is 247. The van der Waals surface area contributed by atoms with Crippen molar-refractivity contribution < 1.29 is 0 Å². The smallest absolute Gasteiger partial charge is 0.0266 e. The Morgan fingerprint density at radius 1 is 1.06 bits per heavy atom. The minimum absolute atomic E-state index is 0.288. The summed E-state index contributed by atoms with van der Waals surface area (Å²) in [6, 6.07) is 0.524. The first kappa shape index (κ1) is 16.0. The molecule has 0 saturated carbocycles. The lowest BCUT2D eigenvalue weighted by molar-refractivity contribution is 0.104. The van der Waals surface area contributed by atoms with Gasteiger partial charge in [-0.2, -0.15) is 0 Å². The number of rotatable bonds is 2. The molecular formula is C16H34N2. The summed E-state index contributed by atoms with van der Waals surface area (Å²) in [5, 5.41) is 0. The second-order valence-corrected chi connectivity index (χ2v) is 8.15. The Balaban J connectivity index is 2.66. The first-order valence-electron chi connectivity index (χ1n) is 7.60. The zero-order chi connectivity index (χ0) is 14.0. The topological polar surface area (TPSA) is 29.3 Å². The first-order chi connectivity index (χ1) is 8.16. The van der Waals surface area contributed by atoms with Crippen molar-refractivity contribution >= 4 is 0 Å². The predicted octanol–water partition coefficient (Wildman–Crippen LogP) is 3.51. The van der Waals surface area contributed by atoms with E-state index in [9.17, 15) is 0 Å². The van der Waals surface area contributed by atoms with E-state index >= 15 is 0 Å². The molecule has 2 unspecified atom stereocenters. The zero-order valence-electron chi connectivity index (χ0n) is 13.4. The zero-order valence-corrected chi connectivity index (χ0v) is 13.4. The van der Waals surface area contributed by atoms with Crippen LogP contribution >= 0.6 is 0 Å². The summed E-state index contributed by atoms with van der Waals surface area (Å²) in [5.41, 5.74) is 6.76. The molecule has 1 aliphatic heterocycles. The van der Waals surface area contributed by atoms with Crippen molar-refractivity contribution in [1.29, 1.82) is 0 Å². The van der Waals surface area contributed by atoms with E-state index in [2.05, 4.69) is 46.4 Å². The lowest BCUT2D eigenvalue weighted by atomic mass is 9.76. The first-order valence-corrected chi connectivity index (χ1v) is 7.60. The van der Waals surface area contributed by atoms with Crippen molar-refractivity contribution in [3.05, 3.63) is 0 Å². The maximum Gasteiger partial charge on any atom is 0.0266 e. The van der Waals surface area contributed by atoms with Gasteiger partial charge in [0, 0.05) is 12.6 Å². The number of nitrogens with two attached hydrogens (primary N) is 1. The molecule has 2 nitrogen and oxygen atoms in total. The van der Waals surface area contributed by atoms with Gasteiger partial charge in [0.05, 0.1) is 0 Å². The van der Waals surface area contributed by atoms with Crippen molar-refractivity contribution in [2.24, 2.45) is 22.5 Å². The van der Waals surface area contributed by atoms with E-state index < -0.39 is 0 Å². The van der Waals surface area contributed by atoms with Crippen LogP contribution in [-0.2, 0) is 0 Å². The van der Waals surface area contributed by atoms with Gasteiger partial charge in [0.2, 0.25) is 0 Å². The van der Waals surface area contributed by atoms with E-state index in [1.807, 2.05) is 0 Å². The maximum atomic E-state index is 6.02. The predicted molar refractivity (Wildman–Crippen MR) is 80.7 cm³/mol. The number of hydrogen-bond donors (Lipinski definition) is 1. The second-order valence-electron chi connectivity index (χ2n) is 8.15. The van der Waals surface area contributed by atoms with Gasteiger partial charge in [0.1, 0.15) is 0 Å². The highest BCUT2D eigenvalue weighted by molar-refractivity contribution is 4.87. The average Bonchev–Trinajstić information content (AvgIpc) is 2.41. The summed E-state index contributed by atoms with van der Waals surface area (Å²) in [7, 11) is 0. The van der Waals surface area contributed by atoms with E-state index in [-0.39, 0.29) is 5.41 Å². The van der Waals surface area contributed by atoms with Crippen LogP contribution in [-0.4, -0.2) is 30.6 Å². The van der Waals surface area contributed by atoms with Gasteiger partial charge in [-0.25, -0.2) is 0 Å². The highest BCUT2D eigenvalue weighted by atomic mass is 15.2. The van der Waals surface area contributed by atoms with Crippen molar-refractivity contribution in [2.75, 3.05) is 19.6 Å². The van der Waals surface area contributed by atoms with E-state index in [0.717, 1.165) is 12.5 Å². The molecule has 1 fully saturated rings. The molecule has 0 radical (unpaired) electrons. The highest BCUT2D eigenvalue weighted by Crippen LogP contribution is 2.35. The van der Waals surface area contributed by atoms with Gasteiger partial charge in [-0.1, -0.05) is 41.5 Å². The molecule has 0 aromatic carbocycles. The number of hydrogen-bond acceptors (Lipinski definition) is 2. The van der Waals surface area contributed by atoms with Crippen LogP contribution in [0.4, 0.5) is 0 Å². The summed E-state index contributed by atoms with van der Waals surface area (Å²) < 4.78 is 0. The third kappa shape index (κ3) is 4.24. The number of likely N-dealkylation sites (tertiary alicyclic amines) is 1. The van der Waals surface area contributed by atoms with E-state index in [1.54, 1.807) is 0 Å². The highest BCUT2D eigenvalue weighted by Gasteiger charge is 2.33. The standard InChI is InChI=1S/C16H34N2/c1-15(2,3)13-8-7-10-18(11-9-13)14(12-17)16(4,5)6/h13-14H,7-12,17H2,1-6H3. The third-order valence-corrected chi connectivity index (χ3v) is 4.65. The molecule has 1 rings (SSSR count). The molecule has 1 aliphatic rings. The quantitative estimate of drug-likeness (QED) is 0.817. The molecule has 108 valence electrons. The van der Waals surface area contributed by atoms with Crippen LogP contribution in [0.5, 0.6) is 0 Å². The van der Waals surface area contributed by atoms with Gasteiger partial charge in [-0.15, -0.1) is 0 Å². The van der Waals surface area contributed by atoms with Crippen molar-refractivity contribution in [3.63, 3.8) is 0 Å². The van der Waals surface area contributed by atoms with Crippen molar-refractivity contribution in [2.45, 2.75) is 66.8 Å². The fraction of sp³-hybridized carbons (Fsp3) is 1.00. The molecule has 0 spiro atoms. The fourth-order valence-corrected chi connectivity index (χ4v) is 3.35. The SMILES string of the molecule is CC(C)(C)C1CCCN(C(CN)C(C)(C)C)CC1. The molecule has 18 heavy (non-hydrogen) atoms. The lowest BCUT2D eigenvalue weighted by Gasteiger charge is -2.39. The maximum absolute atomic E-state index is 6.02. The van der Waals surface area contributed by atoms with Gasteiger partial charge in [0.25, 0.3) is 0 Å². The molecule has 2 heteroatoms. The van der Waals surface area contributed by atoms with Gasteiger partial charge in [-0.3, -0.25) is 4.90 Å². The van der Waals surface area contributed by atoms with Crippen molar-refractivity contribution in [1.82, 2.24) is 4.90 Å². The Labute approximate surface area is 114 Å². The summed E-state index contributed by atoms with van der Waals surface area (Å²) >= 11 is 0. The van der Waals surface area contributed by atoms with Crippen LogP contribution in [0.3, 0.4) is 0 Å². The van der Waals surface area contributed by atoms with Crippen LogP contribution < -0.4 is 5.73 Å². The molecular weight excluding hydrogens is 220 g/mol. The average molecular weight is 254 g/mol. The van der Waals surface area contributed by atoms with Gasteiger partial charge < -0.3 is 5.73 Å². The van der Waals surface area contributed by atoms with Crippen LogP contribution in [0.1, 0.15) is 60.8 Å². The lowest BCUT2D eigenvalue weighted by Crippen LogP contribution is -2.49. The Hall–Kier alpha value is -0.0800. The molecule has 2 atom stereocenters. The third-order valence-electron chi connectivity index (χ3n) is 4.65. The normalized spacial score (nSPS) is 25.8. The second kappa shape index (κ2) is 5.92. The summed E-state index contributed by atoms with van der Waals surface area (Å²) in [6.07, 6.45) is 4.03. The van der Waals surface area contributed by atoms with Gasteiger partial charge >= 0.3 is 0 Å². The van der Waals surface area contributed by atoms with Crippen LogP contribution in [0.2, 0.25) is 0 Å². The minimum atomic E-state index is 0.288. The monoisotopic (exact) mass is 254 g/mol. The van der Waals surface area contributed by atoms with Gasteiger partial charge in [0.15, 0.2) is 0 Å². The molecule has 2 N–H and O–H groups in total. The molecule has 1 heterocycles. The summed E-state index contributed by atoms with van der Waals surface area (Å²) in [6.45, 7) is 17.3. The van der Waals surface area contributed by atoms with Gasteiger partial charge in [-0.05, 0) is 49.1 Å². The Kier molecular flexibility index (Phi) is 5.25. The molecule has 0 amide bonds. The summed E-state index contributed by atoms with van der Waals surface area (Å²) in [5.74, 6) is 0.862. The Morgan fingerprint density at radius 2 is 1.67 bits per heavy atom. The molecule has 0 bridgehead atoms. The Morgan fingerprint density at radius 3 is 2.11 bits per heavy atom. The van der Waals surface area contributed by atoms with Crippen LogP contribution in [0.25, 0.3) is 0 Å². The number of nitrogens with zero attached hydrogens (tertiary/aromatic N) is 1.